The smallest absolute Gasteiger partial charge is 0.304 e. The van der Waals surface area contributed by atoms with Crippen LogP contribution in [0.2, 0.25) is 0 Å². The molecular weight excluding hydrogens is 1050 g/mol. The number of primary amides is 3. The highest BCUT2D eigenvalue weighted by Gasteiger charge is 2.36. The molecule has 0 aliphatic carbocycles. The van der Waals surface area contributed by atoms with Gasteiger partial charge in [0.05, 0.1) is 12.5 Å². The summed E-state index contributed by atoms with van der Waals surface area (Å²) in [6.45, 7) is 2.65. The molecule has 0 aliphatic heterocycles. The number of rotatable bonds is 37. The largest absolute Gasteiger partial charge is 0.508 e. The summed E-state index contributed by atoms with van der Waals surface area (Å²) in [6.07, 6.45) is -4.35. The predicted octanol–water partition coefficient (Wildman–Crippen LogP) is -5.00. The van der Waals surface area contributed by atoms with Crippen molar-refractivity contribution in [2.75, 3.05) is 13.1 Å². The Kier molecular flexibility index (Phi) is 29.0. The zero-order valence-corrected chi connectivity index (χ0v) is 44.5. The fourth-order valence-corrected chi connectivity index (χ4v) is 7.70. The molecule has 0 saturated carbocycles. The zero-order chi connectivity index (χ0) is 60.1. The second kappa shape index (κ2) is 34.6. The summed E-state index contributed by atoms with van der Waals surface area (Å²) in [4.78, 5) is 146. The third kappa shape index (κ3) is 26.3. The third-order valence-electron chi connectivity index (χ3n) is 12.1. The van der Waals surface area contributed by atoms with E-state index < -0.39 is 151 Å². The first-order valence-corrected chi connectivity index (χ1v) is 25.5. The molecule has 440 valence electrons. The minimum atomic E-state index is -1.73. The number of phenolic OH excluding ortho intramolecular Hbond substituents is 1. The molecule has 10 amide bonds. The highest BCUT2D eigenvalue weighted by molar-refractivity contribution is 5.98. The molecule has 30 heteroatoms. The van der Waals surface area contributed by atoms with E-state index in [1.54, 1.807) is 30.3 Å². The van der Waals surface area contributed by atoms with E-state index in [2.05, 4.69) is 47.9 Å². The van der Waals surface area contributed by atoms with Gasteiger partial charge in [-0.3, -0.25) is 63.6 Å². The molecule has 24 N–H and O–H groups in total. The van der Waals surface area contributed by atoms with Gasteiger partial charge in [0.25, 0.3) is 0 Å². The summed E-state index contributed by atoms with van der Waals surface area (Å²) in [5.41, 5.74) is 28.4. The Morgan fingerprint density at radius 1 is 0.487 bits per heavy atom. The summed E-state index contributed by atoms with van der Waals surface area (Å²) in [5.74, 6) is -13.2. The summed E-state index contributed by atoms with van der Waals surface area (Å²) in [6, 6.07) is 3.08. The number of amides is 10. The number of benzene rings is 2. The van der Waals surface area contributed by atoms with Crippen LogP contribution in [-0.4, -0.2) is 154 Å². The number of aliphatic carboxylic acids is 1. The van der Waals surface area contributed by atoms with Crippen LogP contribution in [0.15, 0.2) is 54.6 Å². The number of nitrogens with two attached hydrogens (primary N) is 5. The van der Waals surface area contributed by atoms with Gasteiger partial charge in [0, 0.05) is 44.7 Å². The number of hydrogen-bond donors (Lipinski definition) is 19. The van der Waals surface area contributed by atoms with Crippen LogP contribution in [-0.2, 0) is 65.6 Å². The number of hydrogen-bond acceptors (Lipinski definition) is 15. The van der Waals surface area contributed by atoms with Crippen LogP contribution in [0.5, 0.6) is 5.75 Å². The second-order valence-corrected chi connectivity index (χ2v) is 18.9. The highest BCUT2D eigenvalue weighted by Crippen LogP contribution is 2.14. The molecule has 0 unspecified atom stereocenters. The molecule has 30 nitrogen and oxygen atoms in total. The van der Waals surface area contributed by atoms with Gasteiger partial charge in [-0.2, -0.15) is 0 Å². The number of carboxylic acid groups (broad SMARTS) is 1. The lowest BCUT2D eigenvalue weighted by Crippen LogP contribution is -2.61. The fourth-order valence-electron chi connectivity index (χ4n) is 7.70. The average Bonchev–Trinajstić information content (AvgIpc) is 3.37. The Morgan fingerprint density at radius 2 is 0.887 bits per heavy atom. The zero-order valence-electron chi connectivity index (χ0n) is 44.5. The normalized spacial score (nSPS) is 14.2. The van der Waals surface area contributed by atoms with Crippen LogP contribution in [0.25, 0.3) is 0 Å². The molecule has 0 aliphatic rings. The van der Waals surface area contributed by atoms with Crippen molar-refractivity contribution >= 4 is 77.0 Å². The van der Waals surface area contributed by atoms with E-state index in [-0.39, 0.29) is 75.7 Å². The first-order valence-electron chi connectivity index (χ1n) is 25.5. The van der Waals surface area contributed by atoms with Crippen molar-refractivity contribution in [2.24, 2.45) is 34.6 Å². The van der Waals surface area contributed by atoms with Crippen LogP contribution >= 0.6 is 0 Å². The monoisotopic (exact) mass is 1120 g/mol. The van der Waals surface area contributed by atoms with Crippen molar-refractivity contribution in [1.82, 2.24) is 47.9 Å². The van der Waals surface area contributed by atoms with Gasteiger partial charge in [0.15, 0.2) is 11.9 Å². The molecule has 0 spiro atoms. The average molecular weight is 1130 g/mol. The molecule has 0 radical (unpaired) electrons. The van der Waals surface area contributed by atoms with Gasteiger partial charge in [0.2, 0.25) is 59.1 Å². The number of aromatic hydroxyl groups is 1. The van der Waals surface area contributed by atoms with Crippen LogP contribution in [0.4, 0.5) is 0 Å². The maximum Gasteiger partial charge on any atom is 0.304 e. The number of nitrogens with one attached hydrogen (secondary N) is 11. The maximum absolute atomic E-state index is 14.4. The van der Waals surface area contributed by atoms with Crippen LogP contribution in [0.1, 0.15) is 89.2 Å². The molecule has 9 atom stereocenters. The number of carbonyl (C=O) groups excluding carboxylic acids is 10. The SMILES string of the molecule is C[C@@H](CC(=O)O)C(=O)N[C@H](C(=O)N[C@@H](CCCCNC(=N)N)C(=O)N[C@@H](CCC(N)=O)C(=O)N[C@@H](CCC(N)=O)C(=O)N[C@@H](Cc1ccc(O)cc1)C(=O)N[C@@H](CCCNC(=N)N)C(=O)N[C@@H](Cc1ccccc1)C(N)=O)[C@@H](C)O. The van der Waals surface area contributed by atoms with Gasteiger partial charge < -0.3 is 91.8 Å². The van der Waals surface area contributed by atoms with Gasteiger partial charge >= 0.3 is 5.97 Å². The Labute approximate surface area is 461 Å². The summed E-state index contributed by atoms with van der Waals surface area (Å²) in [5, 5.41) is 66.9. The third-order valence-corrected chi connectivity index (χ3v) is 12.1. The second-order valence-electron chi connectivity index (χ2n) is 18.9. The lowest BCUT2D eigenvalue weighted by molar-refractivity contribution is -0.141. The van der Waals surface area contributed by atoms with Crippen molar-refractivity contribution in [2.45, 2.75) is 139 Å². The van der Waals surface area contributed by atoms with Crippen molar-refractivity contribution in [3.63, 3.8) is 0 Å². The van der Waals surface area contributed by atoms with E-state index in [9.17, 15) is 63.0 Å². The Morgan fingerprint density at radius 3 is 1.34 bits per heavy atom. The summed E-state index contributed by atoms with van der Waals surface area (Å²) in [7, 11) is 0. The molecule has 2 rings (SSSR count). The quantitative estimate of drug-likeness (QED) is 0.0171. The van der Waals surface area contributed by atoms with E-state index in [0.717, 1.165) is 6.92 Å². The van der Waals surface area contributed by atoms with Gasteiger partial charge in [-0.1, -0.05) is 49.4 Å². The molecule has 0 saturated heterocycles. The molecule has 80 heavy (non-hydrogen) atoms. The van der Waals surface area contributed by atoms with E-state index in [4.69, 9.17) is 44.6 Å². The van der Waals surface area contributed by atoms with E-state index in [1.165, 1.54) is 31.2 Å². The summed E-state index contributed by atoms with van der Waals surface area (Å²) >= 11 is 0. The van der Waals surface area contributed by atoms with E-state index in [0.29, 0.717) is 11.1 Å². The van der Waals surface area contributed by atoms with Crippen molar-refractivity contribution in [1.29, 1.82) is 10.8 Å². The van der Waals surface area contributed by atoms with Crippen molar-refractivity contribution in [3.05, 3.63) is 65.7 Å². The van der Waals surface area contributed by atoms with Gasteiger partial charge in [0.1, 0.15) is 48.0 Å². The highest BCUT2D eigenvalue weighted by atomic mass is 16.4. The van der Waals surface area contributed by atoms with E-state index in [1.807, 2.05) is 0 Å². The Bertz CT molecular complexity index is 2480. The van der Waals surface area contributed by atoms with Crippen LogP contribution in [0.3, 0.4) is 0 Å². The number of carbonyl (C=O) groups is 11. The topological polar surface area (TPSA) is 535 Å². The minimum Gasteiger partial charge on any atom is -0.508 e. The molecule has 0 bridgehead atoms. The van der Waals surface area contributed by atoms with Crippen molar-refractivity contribution < 1.29 is 68.1 Å². The number of aliphatic hydroxyl groups is 1. The number of unbranched alkanes of at least 4 members (excludes halogenated alkanes) is 1. The molecule has 0 heterocycles. The van der Waals surface area contributed by atoms with Gasteiger partial charge in [-0.05, 0) is 75.1 Å². The molecule has 0 fully saturated rings. The van der Waals surface area contributed by atoms with Crippen LogP contribution in [0, 0.1) is 16.7 Å². The molecular formula is C50H76N16O14. The maximum atomic E-state index is 14.4. The van der Waals surface area contributed by atoms with E-state index >= 15 is 0 Å². The fraction of sp³-hybridized carbons (Fsp3) is 0.500. The van der Waals surface area contributed by atoms with Crippen LogP contribution < -0.4 is 76.5 Å². The first-order chi connectivity index (χ1) is 37.7. The van der Waals surface area contributed by atoms with Crippen molar-refractivity contribution in [3.8, 4) is 5.75 Å². The Balaban J connectivity index is 2.56. The predicted molar refractivity (Wildman–Crippen MR) is 288 cm³/mol. The standard InChI is InChI=1S/C50H76N16O14/c1-26(23-39(71)72)42(74)66-40(27(2)67)48(80)63-31(11-6-7-21-58-49(54)55)43(75)61-33(17-19-37(51)69)45(77)62-34(18-20-38(52)70)46(78)65-36(25-29-13-15-30(68)16-14-29)47(79)60-32(12-8-22-59-50(56)57)44(76)64-35(41(53)73)24-28-9-4-3-5-10-28/h3-5,9-10,13-16,26-27,31-36,40,67-68H,6-8,11-12,17-25H2,1-2H3,(H2,51,69)(H2,52,70)(H2,53,73)(H,60,79)(H,61,75)(H,62,77)(H,63,80)(H,64,76)(H,65,78)(H,66,74)(H,71,72)(H4,54,55,58)(H4,56,57,59)/t26-,27+,31-,32-,33-,34-,35-,36-,40-/m0/s1. The van der Waals surface area contributed by atoms with Gasteiger partial charge in [-0.15, -0.1) is 0 Å². The summed E-state index contributed by atoms with van der Waals surface area (Å²) < 4.78 is 0. The lowest BCUT2D eigenvalue weighted by Gasteiger charge is -2.28. The Hall–Kier alpha value is -9.09. The minimum absolute atomic E-state index is 0.0126. The number of guanidine groups is 2. The molecule has 2 aromatic carbocycles. The first kappa shape index (κ1) is 67.0. The lowest BCUT2D eigenvalue weighted by atomic mass is 10.0. The number of aliphatic hydroxyl groups excluding tert-OH is 1. The molecule has 0 aromatic heterocycles. The van der Waals surface area contributed by atoms with Gasteiger partial charge in [-0.25, -0.2) is 0 Å². The number of phenols is 1. The molecule has 2 aromatic rings. The number of carboxylic acids is 1.